The van der Waals surface area contributed by atoms with Gasteiger partial charge < -0.3 is 0 Å². The molecule has 6 nitrogen and oxygen atoms in total. The highest BCUT2D eigenvalue weighted by Gasteiger charge is 2.14. The Labute approximate surface area is 140 Å². The van der Waals surface area contributed by atoms with Crippen molar-refractivity contribution >= 4 is 17.3 Å². The molecule has 0 atom stereocenters. The molecule has 0 unspecified atom stereocenters. The second-order valence-corrected chi connectivity index (χ2v) is 5.45. The van der Waals surface area contributed by atoms with Gasteiger partial charge in [-0.1, -0.05) is 37.3 Å². The maximum atomic E-state index is 12.1. The third-order valence-corrected chi connectivity index (χ3v) is 3.77. The third kappa shape index (κ3) is 4.04. The average Bonchev–Trinajstić information content (AvgIpc) is 2.59. The summed E-state index contributed by atoms with van der Waals surface area (Å²) in [5.74, 6) is -0.484. The van der Waals surface area contributed by atoms with E-state index >= 15 is 0 Å². The Hall–Kier alpha value is -3.02. The number of benzene rings is 2. The number of nitro benzene ring substituents is 1. The third-order valence-electron chi connectivity index (χ3n) is 3.77. The Morgan fingerprint density at radius 2 is 1.79 bits per heavy atom. The predicted octanol–water partition coefficient (Wildman–Crippen LogP) is 3.62. The van der Waals surface area contributed by atoms with Crippen molar-refractivity contribution in [2.24, 2.45) is 5.10 Å². The van der Waals surface area contributed by atoms with Crippen molar-refractivity contribution in [3.63, 3.8) is 0 Å². The maximum absolute atomic E-state index is 12.1. The van der Waals surface area contributed by atoms with E-state index in [1.54, 1.807) is 26.0 Å². The molecule has 2 rings (SSSR count). The van der Waals surface area contributed by atoms with Crippen LogP contribution in [0.5, 0.6) is 0 Å². The number of hydrogen-bond donors (Lipinski definition) is 1. The van der Waals surface area contributed by atoms with Gasteiger partial charge in [-0.25, -0.2) is 5.43 Å². The SMILES string of the molecule is CCc1ccc(C(C)=NNC(=O)c2ccc(C)c([N+](=O)[O-])c2)cc1. The fourth-order valence-corrected chi connectivity index (χ4v) is 2.19. The number of aryl methyl sites for hydroxylation is 2. The second kappa shape index (κ2) is 7.50. The molecule has 0 saturated carbocycles. The molecule has 124 valence electrons. The molecule has 0 heterocycles. The molecule has 0 bridgehead atoms. The Morgan fingerprint density at radius 1 is 1.17 bits per heavy atom. The summed E-state index contributed by atoms with van der Waals surface area (Å²) in [5, 5.41) is 15.0. The Morgan fingerprint density at radius 3 is 2.38 bits per heavy atom. The van der Waals surface area contributed by atoms with Gasteiger partial charge in [0, 0.05) is 17.2 Å². The summed E-state index contributed by atoms with van der Waals surface area (Å²) in [5.41, 5.74) is 5.85. The molecule has 2 aromatic rings. The van der Waals surface area contributed by atoms with Gasteiger partial charge in [-0.05, 0) is 37.5 Å². The van der Waals surface area contributed by atoms with E-state index in [9.17, 15) is 14.9 Å². The molecule has 0 fully saturated rings. The minimum Gasteiger partial charge on any atom is -0.267 e. The quantitative estimate of drug-likeness (QED) is 0.517. The highest BCUT2D eigenvalue weighted by atomic mass is 16.6. The Kier molecular flexibility index (Phi) is 5.42. The molecule has 0 spiro atoms. The molecule has 6 heteroatoms. The van der Waals surface area contributed by atoms with Crippen LogP contribution in [-0.2, 0) is 6.42 Å². The first-order valence-corrected chi connectivity index (χ1v) is 7.61. The van der Waals surface area contributed by atoms with Crippen molar-refractivity contribution in [2.45, 2.75) is 27.2 Å². The number of hydrazone groups is 1. The first-order chi connectivity index (χ1) is 11.4. The number of amides is 1. The van der Waals surface area contributed by atoms with Crippen molar-refractivity contribution in [1.29, 1.82) is 0 Å². The summed E-state index contributed by atoms with van der Waals surface area (Å²) in [4.78, 5) is 22.6. The molecule has 1 amide bonds. The van der Waals surface area contributed by atoms with Crippen LogP contribution in [0.4, 0.5) is 5.69 Å². The van der Waals surface area contributed by atoms with Gasteiger partial charge in [0.2, 0.25) is 0 Å². The largest absolute Gasteiger partial charge is 0.273 e. The molecular formula is C18H19N3O3. The lowest BCUT2D eigenvalue weighted by atomic mass is 10.1. The minimum atomic E-state index is -0.504. The van der Waals surface area contributed by atoms with Crippen LogP contribution in [0.15, 0.2) is 47.6 Å². The van der Waals surface area contributed by atoms with Crippen LogP contribution < -0.4 is 5.43 Å². The van der Waals surface area contributed by atoms with Crippen molar-refractivity contribution in [2.75, 3.05) is 0 Å². The molecule has 0 saturated heterocycles. The normalized spacial score (nSPS) is 11.2. The highest BCUT2D eigenvalue weighted by Crippen LogP contribution is 2.19. The van der Waals surface area contributed by atoms with Gasteiger partial charge in [0.25, 0.3) is 11.6 Å². The zero-order valence-electron chi connectivity index (χ0n) is 13.9. The number of nitrogens with zero attached hydrogens (tertiary/aromatic N) is 2. The predicted molar refractivity (Wildman–Crippen MR) is 93.3 cm³/mol. The molecule has 24 heavy (non-hydrogen) atoms. The molecule has 0 radical (unpaired) electrons. The van der Waals surface area contributed by atoms with Gasteiger partial charge in [0.15, 0.2) is 0 Å². The molecule has 0 aromatic heterocycles. The smallest absolute Gasteiger partial charge is 0.267 e. The van der Waals surface area contributed by atoms with E-state index in [-0.39, 0.29) is 11.3 Å². The number of rotatable bonds is 5. The van der Waals surface area contributed by atoms with Crippen molar-refractivity contribution in [3.8, 4) is 0 Å². The minimum absolute atomic E-state index is 0.0847. The topological polar surface area (TPSA) is 84.6 Å². The van der Waals surface area contributed by atoms with E-state index in [4.69, 9.17) is 0 Å². The maximum Gasteiger partial charge on any atom is 0.273 e. The fraction of sp³-hybridized carbons (Fsp3) is 0.222. The van der Waals surface area contributed by atoms with Gasteiger partial charge >= 0.3 is 0 Å². The van der Waals surface area contributed by atoms with Crippen LogP contribution in [0, 0.1) is 17.0 Å². The van der Waals surface area contributed by atoms with Crippen molar-refractivity contribution < 1.29 is 9.72 Å². The van der Waals surface area contributed by atoms with Gasteiger partial charge in [0.1, 0.15) is 0 Å². The number of nitro groups is 1. The van der Waals surface area contributed by atoms with Gasteiger partial charge in [-0.15, -0.1) is 0 Å². The van der Waals surface area contributed by atoms with E-state index in [0.29, 0.717) is 11.3 Å². The lowest BCUT2D eigenvalue weighted by molar-refractivity contribution is -0.385. The van der Waals surface area contributed by atoms with Crippen LogP contribution in [0.25, 0.3) is 0 Å². The second-order valence-electron chi connectivity index (χ2n) is 5.45. The Balaban J connectivity index is 2.14. The summed E-state index contributed by atoms with van der Waals surface area (Å²) < 4.78 is 0. The summed E-state index contributed by atoms with van der Waals surface area (Å²) in [6.07, 6.45) is 0.958. The van der Waals surface area contributed by atoms with E-state index in [0.717, 1.165) is 12.0 Å². The highest BCUT2D eigenvalue weighted by molar-refractivity contribution is 6.01. The van der Waals surface area contributed by atoms with E-state index in [1.807, 2.05) is 24.3 Å². The summed E-state index contributed by atoms with van der Waals surface area (Å²) in [6.45, 7) is 5.50. The summed E-state index contributed by atoms with van der Waals surface area (Å²) in [7, 11) is 0. The zero-order valence-corrected chi connectivity index (χ0v) is 13.9. The standard InChI is InChI=1S/C18H19N3O3/c1-4-14-6-9-15(10-7-14)13(3)19-20-18(22)16-8-5-12(2)17(11-16)21(23)24/h5-11H,4H2,1-3H3,(H,20,22). The lowest BCUT2D eigenvalue weighted by Gasteiger charge is -2.05. The van der Waals surface area contributed by atoms with Crippen LogP contribution in [-0.4, -0.2) is 16.5 Å². The number of hydrogen-bond acceptors (Lipinski definition) is 4. The first kappa shape index (κ1) is 17.3. The van der Waals surface area contributed by atoms with E-state index in [1.165, 1.54) is 11.6 Å². The van der Waals surface area contributed by atoms with Crippen molar-refractivity contribution in [3.05, 3.63) is 74.8 Å². The fourth-order valence-electron chi connectivity index (χ4n) is 2.19. The molecular weight excluding hydrogens is 306 g/mol. The van der Waals surface area contributed by atoms with Crippen molar-refractivity contribution in [1.82, 2.24) is 5.43 Å². The molecule has 1 N–H and O–H groups in total. The van der Waals surface area contributed by atoms with Gasteiger partial charge in [-0.2, -0.15) is 5.10 Å². The summed E-state index contributed by atoms with van der Waals surface area (Å²) in [6, 6.07) is 12.3. The lowest BCUT2D eigenvalue weighted by Crippen LogP contribution is -2.19. The number of carbonyl (C=O) groups excluding carboxylic acids is 1. The van der Waals surface area contributed by atoms with Gasteiger partial charge in [-0.3, -0.25) is 14.9 Å². The average molecular weight is 325 g/mol. The first-order valence-electron chi connectivity index (χ1n) is 7.61. The van der Waals surface area contributed by atoms with Crippen LogP contribution in [0.1, 0.15) is 40.9 Å². The van der Waals surface area contributed by atoms with Gasteiger partial charge in [0.05, 0.1) is 10.6 Å². The zero-order chi connectivity index (χ0) is 17.7. The Bertz CT molecular complexity index is 796. The molecule has 0 aliphatic rings. The van der Waals surface area contributed by atoms with E-state index in [2.05, 4.69) is 17.5 Å². The number of nitrogens with one attached hydrogen (secondary N) is 1. The monoisotopic (exact) mass is 325 g/mol. The van der Waals surface area contributed by atoms with E-state index < -0.39 is 10.8 Å². The van der Waals surface area contributed by atoms with Crippen LogP contribution >= 0.6 is 0 Å². The summed E-state index contributed by atoms with van der Waals surface area (Å²) >= 11 is 0. The number of carbonyl (C=O) groups is 1. The molecule has 2 aromatic carbocycles. The van der Waals surface area contributed by atoms with Crippen LogP contribution in [0.3, 0.4) is 0 Å². The molecule has 0 aliphatic carbocycles. The molecule has 0 aliphatic heterocycles. The van der Waals surface area contributed by atoms with Crippen LogP contribution in [0.2, 0.25) is 0 Å².